The van der Waals surface area contributed by atoms with Crippen molar-refractivity contribution in [3.63, 3.8) is 0 Å². The second kappa shape index (κ2) is 5.51. The number of esters is 2. The molecule has 0 radical (unpaired) electrons. The summed E-state index contributed by atoms with van der Waals surface area (Å²) in [6.07, 6.45) is 4.04. The Morgan fingerprint density at radius 2 is 2.22 bits per heavy atom. The number of pyridine rings is 1. The first-order valence-electron chi connectivity index (χ1n) is 8.11. The Balaban J connectivity index is 1.65. The summed E-state index contributed by atoms with van der Waals surface area (Å²) in [4.78, 5) is 24.2. The minimum Gasteiger partial charge on any atom is -0.466 e. The molecule has 1 aromatic heterocycles. The quantitative estimate of drug-likeness (QED) is 0.625. The van der Waals surface area contributed by atoms with E-state index in [0.29, 0.717) is 35.3 Å². The van der Waals surface area contributed by atoms with Gasteiger partial charge in [0, 0.05) is 12.0 Å². The molecule has 122 valence electrons. The Morgan fingerprint density at radius 3 is 2.96 bits per heavy atom. The lowest BCUT2D eigenvalue weighted by Gasteiger charge is -2.25. The normalized spacial score (nSPS) is 33.2. The van der Waals surface area contributed by atoms with Gasteiger partial charge in [-0.05, 0) is 43.5 Å². The molecule has 0 aromatic carbocycles. The molecule has 0 unspecified atom stereocenters. The average Bonchev–Trinajstić information content (AvgIpc) is 3.23. The molecule has 0 amide bonds. The van der Waals surface area contributed by atoms with Gasteiger partial charge in [-0.2, -0.15) is 4.57 Å². The maximum atomic E-state index is 12.2. The molecule has 5 atom stereocenters. The number of methoxy groups -OCH3 is 1. The Morgan fingerprint density at radius 1 is 1.39 bits per heavy atom. The summed E-state index contributed by atoms with van der Waals surface area (Å²) < 4.78 is 12.4. The SMILES string of the molecule is CCOC(=O)[C@H]1C[C@@H]2C[C@@H]1[C@H]1Sc3c(C(=O)OC)ccc[n+]3[C@H]21. The molecule has 2 heterocycles. The highest BCUT2D eigenvalue weighted by atomic mass is 32.2. The van der Waals surface area contributed by atoms with Crippen LogP contribution in [-0.2, 0) is 14.3 Å². The second-order valence-corrected chi connectivity index (χ2v) is 7.62. The molecule has 3 aliphatic rings. The average molecular weight is 334 g/mol. The number of carbonyl (C=O) groups excluding carboxylic acids is 2. The second-order valence-electron chi connectivity index (χ2n) is 6.45. The zero-order chi connectivity index (χ0) is 16.1. The van der Waals surface area contributed by atoms with Crippen molar-refractivity contribution in [1.82, 2.24) is 0 Å². The highest BCUT2D eigenvalue weighted by Gasteiger charge is 2.63. The number of ether oxygens (including phenoxy) is 2. The first-order chi connectivity index (χ1) is 11.2. The number of hydrogen-bond donors (Lipinski definition) is 0. The van der Waals surface area contributed by atoms with Gasteiger partial charge in [0.15, 0.2) is 12.2 Å². The summed E-state index contributed by atoms with van der Waals surface area (Å²) in [7, 11) is 1.41. The summed E-state index contributed by atoms with van der Waals surface area (Å²) in [5.74, 6) is 0.514. The summed E-state index contributed by atoms with van der Waals surface area (Å²) in [6, 6.07) is 4.11. The smallest absolute Gasteiger partial charge is 0.345 e. The minimum atomic E-state index is -0.295. The van der Waals surface area contributed by atoms with Crippen molar-refractivity contribution < 1.29 is 23.6 Å². The lowest BCUT2D eigenvalue weighted by Crippen LogP contribution is -2.46. The molecule has 2 fully saturated rings. The van der Waals surface area contributed by atoms with Gasteiger partial charge in [0.05, 0.1) is 24.9 Å². The van der Waals surface area contributed by atoms with Gasteiger partial charge in [-0.25, -0.2) is 4.79 Å². The van der Waals surface area contributed by atoms with Crippen molar-refractivity contribution in [2.75, 3.05) is 13.7 Å². The van der Waals surface area contributed by atoms with Crippen molar-refractivity contribution in [3.8, 4) is 0 Å². The molecule has 1 aromatic rings. The fourth-order valence-electron chi connectivity index (χ4n) is 4.60. The molecular formula is C17H20NO4S+. The van der Waals surface area contributed by atoms with Crippen molar-refractivity contribution >= 4 is 23.7 Å². The maximum Gasteiger partial charge on any atom is 0.345 e. The third-order valence-corrected chi connectivity index (χ3v) is 6.98. The van der Waals surface area contributed by atoms with Crippen molar-refractivity contribution in [2.24, 2.45) is 17.8 Å². The molecule has 6 heteroatoms. The molecular weight excluding hydrogens is 314 g/mol. The summed E-state index contributed by atoms with van der Waals surface area (Å²) in [5, 5.41) is 1.34. The Kier molecular flexibility index (Phi) is 3.59. The van der Waals surface area contributed by atoms with Crippen molar-refractivity contribution in [2.45, 2.75) is 36.1 Å². The van der Waals surface area contributed by atoms with E-state index in [4.69, 9.17) is 9.47 Å². The minimum absolute atomic E-state index is 0.0187. The first-order valence-corrected chi connectivity index (χ1v) is 8.99. The van der Waals surface area contributed by atoms with Crippen LogP contribution in [-0.4, -0.2) is 30.9 Å². The highest BCUT2D eigenvalue weighted by Crippen LogP contribution is 2.60. The van der Waals surface area contributed by atoms with Gasteiger partial charge in [0.2, 0.25) is 0 Å². The van der Waals surface area contributed by atoms with E-state index in [0.717, 1.165) is 17.9 Å². The van der Waals surface area contributed by atoms with E-state index < -0.39 is 0 Å². The van der Waals surface area contributed by atoms with Gasteiger partial charge >= 0.3 is 11.9 Å². The van der Waals surface area contributed by atoms with Gasteiger partial charge in [0.1, 0.15) is 5.56 Å². The van der Waals surface area contributed by atoms with Gasteiger partial charge in [-0.1, -0.05) is 0 Å². The van der Waals surface area contributed by atoms with E-state index in [1.54, 1.807) is 11.8 Å². The molecule has 2 aliphatic carbocycles. The number of thioether (sulfide) groups is 1. The van der Waals surface area contributed by atoms with Crippen molar-refractivity contribution in [1.29, 1.82) is 0 Å². The largest absolute Gasteiger partial charge is 0.466 e. The van der Waals surface area contributed by atoms with Crippen LogP contribution in [0.15, 0.2) is 23.4 Å². The molecule has 0 spiro atoms. The van der Waals surface area contributed by atoms with E-state index in [1.807, 2.05) is 19.1 Å². The molecule has 1 aliphatic heterocycles. The third kappa shape index (κ3) is 2.11. The Labute approximate surface area is 139 Å². The van der Waals surface area contributed by atoms with Crippen LogP contribution in [0.3, 0.4) is 0 Å². The van der Waals surface area contributed by atoms with E-state index in [1.165, 1.54) is 7.11 Å². The van der Waals surface area contributed by atoms with Gasteiger partial charge in [0.25, 0.3) is 5.03 Å². The first kappa shape index (κ1) is 15.0. The zero-order valence-corrected chi connectivity index (χ0v) is 14.0. The van der Waals surface area contributed by atoms with Crippen LogP contribution in [0.2, 0.25) is 0 Å². The van der Waals surface area contributed by atoms with Gasteiger partial charge in [-0.3, -0.25) is 4.79 Å². The fraction of sp³-hybridized carbons (Fsp3) is 0.588. The highest BCUT2D eigenvalue weighted by molar-refractivity contribution is 8.00. The summed E-state index contributed by atoms with van der Waals surface area (Å²) in [5.41, 5.74) is 0.626. The van der Waals surface area contributed by atoms with Crippen molar-refractivity contribution in [3.05, 3.63) is 23.9 Å². The van der Waals surface area contributed by atoms with Crippen LogP contribution in [0, 0.1) is 17.8 Å². The molecule has 0 saturated heterocycles. The van der Waals surface area contributed by atoms with Gasteiger partial charge in [-0.15, -0.1) is 0 Å². The predicted molar refractivity (Wildman–Crippen MR) is 83.0 cm³/mol. The van der Waals surface area contributed by atoms with Crippen LogP contribution in [0.25, 0.3) is 0 Å². The maximum absolute atomic E-state index is 12.2. The molecule has 23 heavy (non-hydrogen) atoms. The number of hydrogen-bond acceptors (Lipinski definition) is 5. The van der Waals surface area contributed by atoms with E-state index in [2.05, 4.69) is 10.8 Å². The monoisotopic (exact) mass is 334 g/mol. The zero-order valence-electron chi connectivity index (χ0n) is 13.2. The fourth-order valence-corrected chi connectivity index (χ4v) is 6.41. The third-order valence-electron chi connectivity index (χ3n) is 5.43. The summed E-state index contributed by atoms with van der Waals surface area (Å²) >= 11 is 1.73. The predicted octanol–water partition coefficient (Wildman–Crippen LogP) is 2.00. The molecule has 2 bridgehead atoms. The molecule has 0 N–H and O–H groups in total. The number of carbonyl (C=O) groups is 2. The number of aromatic nitrogens is 1. The lowest BCUT2D eigenvalue weighted by atomic mass is 9.85. The lowest BCUT2D eigenvalue weighted by molar-refractivity contribution is -0.756. The molecule has 2 saturated carbocycles. The standard InChI is InChI=1S/C17H20NO4S/c1-3-22-17(20)12-8-9-7-11(12)14-13(9)18-6-4-5-10(15(18)23-14)16(19)21-2/h4-6,9,11-14H,3,7-8H2,1-2H3/q+1/t9-,11-,12-,13+,14+/m0/s1. The molecule has 4 rings (SSSR count). The molecule has 5 nitrogen and oxygen atoms in total. The van der Waals surface area contributed by atoms with E-state index in [-0.39, 0.29) is 17.9 Å². The van der Waals surface area contributed by atoms with Gasteiger partial charge < -0.3 is 9.47 Å². The van der Waals surface area contributed by atoms with E-state index >= 15 is 0 Å². The van der Waals surface area contributed by atoms with E-state index in [9.17, 15) is 9.59 Å². The summed E-state index contributed by atoms with van der Waals surface area (Å²) in [6.45, 7) is 2.29. The van der Waals surface area contributed by atoms with Crippen LogP contribution in [0.1, 0.15) is 36.2 Å². The van der Waals surface area contributed by atoms with Crippen LogP contribution in [0.4, 0.5) is 0 Å². The Hall–Kier alpha value is -1.56. The number of nitrogens with zero attached hydrogens (tertiary/aromatic N) is 1. The topological polar surface area (TPSA) is 56.5 Å². The number of fused-ring (bicyclic) bond motifs is 7. The van der Waals surface area contributed by atoms with Crippen LogP contribution < -0.4 is 4.57 Å². The Bertz CT molecular complexity index is 677. The van der Waals surface area contributed by atoms with Crippen LogP contribution >= 0.6 is 11.8 Å². The van der Waals surface area contributed by atoms with Crippen LogP contribution in [0.5, 0.6) is 0 Å². The number of rotatable bonds is 3.